The highest BCUT2D eigenvalue weighted by atomic mass is 32.2. The van der Waals surface area contributed by atoms with Crippen LogP contribution in [-0.2, 0) is 33.2 Å². The third-order valence-electron chi connectivity index (χ3n) is 8.38. The topological polar surface area (TPSA) is 80.3 Å². The Morgan fingerprint density at radius 2 is 1.59 bits per heavy atom. The van der Waals surface area contributed by atoms with Crippen LogP contribution in [-0.4, -0.2) is 58.8 Å². The molecule has 4 atom stereocenters. The second-order valence-corrected chi connectivity index (χ2v) is 13.1. The molecular weight excluding hydrogens is 432 g/mol. The molecule has 0 bridgehead atoms. The van der Waals surface area contributed by atoms with Gasteiger partial charge >= 0.3 is 0 Å². The van der Waals surface area contributed by atoms with Crippen molar-refractivity contribution in [1.29, 1.82) is 0 Å². The summed E-state index contributed by atoms with van der Waals surface area (Å²) in [7, 11) is -3.59. The normalized spacial score (nSPS) is 37.4. The van der Waals surface area contributed by atoms with Crippen molar-refractivity contribution in [3.63, 3.8) is 0 Å². The minimum absolute atomic E-state index is 0.0283. The van der Waals surface area contributed by atoms with E-state index in [1.807, 2.05) is 13.8 Å². The molecule has 1 aliphatic heterocycles. The maximum Gasteiger partial charge on any atom is 0.264 e. The molecule has 1 heterocycles. The molecule has 2 saturated carbocycles. The first kappa shape index (κ1) is 26.4. The molecule has 3 aliphatic rings. The molecule has 7 nitrogen and oxygen atoms in total. The van der Waals surface area contributed by atoms with E-state index in [0.717, 1.165) is 31.9 Å². The van der Waals surface area contributed by atoms with Crippen molar-refractivity contribution in [3.8, 4) is 0 Å². The van der Waals surface area contributed by atoms with E-state index in [2.05, 4.69) is 34.6 Å². The van der Waals surface area contributed by atoms with Gasteiger partial charge in [0.05, 0.1) is 31.7 Å². The molecule has 1 unspecified atom stereocenters. The highest BCUT2D eigenvalue weighted by Gasteiger charge is 2.62. The van der Waals surface area contributed by atoms with Gasteiger partial charge in [-0.15, -0.1) is 0 Å². The second kappa shape index (κ2) is 9.08. The summed E-state index contributed by atoms with van der Waals surface area (Å²) < 4.78 is 54.4. The van der Waals surface area contributed by atoms with Crippen LogP contribution in [0.15, 0.2) is 0 Å². The average Bonchev–Trinajstić information content (AvgIpc) is 2.68. The van der Waals surface area contributed by atoms with Gasteiger partial charge in [0.25, 0.3) is 10.1 Å². The zero-order chi connectivity index (χ0) is 24.0. The zero-order valence-electron chi connectivity index (χ0n) is 21.2. The summed E-state index contributed by atoms with van der Waals surface area (Å²) in [5.41, 5.74) is -0.340. The first-order valence-corrected chi connectivity index (χ1v) is 13.9. The average molecular weight is 477 g/mol. The predicted octanol–water partition coefficient (Wildman–Crippen LogP) is 4.49. The van der Waals surface area contributed by atoms with Gasteiger partial charge in [-0.25, -0.2) is 0 Å². The minimum atomic E-state index is -3.59. The van der Waals surface area contributed by atoms with Gasteiger partial charge < -0.3 is 18.9 Å². The monoisotopic (exact) mass is 476 g/mol. The van der Waals surface area contributed by atoms with Crippen LogP contribution in [0.5, 0.6) is 0 Å². The SMILES string of the molecule is CCOC(C)O[C@H]1C[C@H](OS(C)(=O)=O)[C@H](C)C2(CCC3(CC2)OCC(C)(C)CO3)C1(C)C. The Labute approximate surface area is 195 Å². The number of rotatable bonds is 6. The van der Waals surface area contributed by atoms with Gasteiger partial charge in [0.1, 0.15) is 0 Å². The highest BCUT2D eigenvalue weighted by molar-refractivity contribution is 7.86. The van der Waals surface area contributed by atoms with Gasteiger partial charge in [-0.05, 0) is 43.4 Å². The third kappa shape index (κ3) is 5.20. The molecule has 0 N–H and O–H groups in total. The molecule has 32 heavy (non-hydrogen) atoms. The fourth-order valence-corrected chi connectivity index (χ4v) is 6.95. The predicted molar refractivity (Wildman–Crippen MR) is 123 cm³/mol. The van der Waals surface area contributed by atoms with Crippen LogP contribution in [0.4, 0.5) is 0 Å². The van der Waals surface area contributed by atoms with Gasteiger partial charge in [-0.2, -0.15) is 8.42 Å². The zero-order valence-corrected chi connectivity index (χ0v) is 22.0. The van der Waals surface area contributed by atoms with Gasteiger partial charge in [0, 0.05) is 31.3 Å². The Hall–Kier alpha value is -0.250. The summed E-state index contributed by atoms with van der Waals surface area (Å²) in [5, 5.41) is 0. The summed E-state index contributed by atoms with van der Waals surface area (Å²) >= 11 is 0. The van der Waals surface area contributed by atoms with Gasteiger partial charge in [-0.1, -0.05) is 34.6 Å². The summed E-state index contributed by atoms with van der Waals surface area (Å²) in [4.78, 5) is 0. The van der Waals surface area contributed by atoms with Crippen molar-refractivity contribution in [1.82, 2.24) is 0 Å². The molecular formula is C24H44O7S. The largest absolute Gasteiger partial charge is 0.353 e. The third-order valence-corrected chi connectivity index (χ3v) is 8.97. The molecule has 0 aromatic rings. The molecule has 2 spiro atoms. The Morgan fingerprint density at radius 1 is 1.03 bits per heavy atom. The first-order chi connectivity index (χ1) is 14.7. The van der Waals surface area contributed by atoms with Crippen molar-refractivity contribution in [2.75, 3.05) is 26.1 Å². The van der Waals surface area contributed by atoms with E-state index in [4.69, 9.17) is 23.1 Å². The van der Waals surface area contributed by atoms with Gasteiger partial charge in [0.2, 0.25) is 0 Å². The molecule has 2 aliphatic carbocycles. The summed E-state index contributed by atoms with van der Waals surface area (Å²) in [6.07, 6.45) is 3.98. The molecule has 0 amide bonds. The van der Waals surface area contributed by atoms with Crippen molar-refractivity contribution < 1.29 is 31.5 Å². The Bertz CT molecular complexity index is 740. The van der Waals surface area contributed by atoms with E-state index in [9.17, 15) is 8.42 Å². The summed E-state index contributed by atoms with van der Waals surface area (Å²) in [6, 6.07) is 0. The number of hydrogen-bond donors (Lipinski definition) is 0. The van der Waals surface area contributed by atoms with Crippen molar-refractivity contribution in [2.45, 2.75) is 105 Å². The fourth-order valence-electron chi connectivity index (χ4n) is 6.25. The van der Waals surface area contributed by atoms with E-state index >= 15 is 0 Å². The van der Waals surface area contributed by atoms with E-state index in [-0.39, 0.29) is 34.6 Å². The van der Waals surface area contributed by atoms with Crippen LogP contribution in [0, 0.1) is 22.2 Å². The molecule has 3 rings (SSSR count). The number of ether oxygens (including phenoxy) is 4. The van der Waals surface area contributed by atoms with Crippen molar-refractivity contribution in [3.05, 3.63) is 0 Å². The molecule has 1 saturated heterocycles. The smallest absolute Gasteiger partial charge is 0.264 e. The standard InChI is InChI=1S/C24H44O7S/c1-9-27-18(3)30-20-14-19(31-32(8,25)26)17(2)23(22(20,6)7)10-12-24(13-11-23)28-15-21(4,5)16-29-24/h17-20H,9-16H2,1-8H3/t17-,18?,19-,20-/m0/s1. The molecule has 0 aromatic heterocycles. The second-order valence-electron chi connectivity index (χ2n) is 11.5. The summed E-state index contributed by atoms with van der Waals surface area (Å²) in [5.74, 6) is -0.484. The fraction of sp³-hybridized carbons (Fsp3) is 1.00. The summed E-state index contributed by atoms with van der Waals surface area (Å²) in [6.45, 7) is 16.8. The van der Waals surface area contributed by atoms with E-state index < -0.39 is 22.0 Å². The van der Waals surface area contributed by atoms with Crippen LogP contribution in [0.3, 0.4) is 0 Å². The van der Waals surface area contributed by atoms with Crippen LogP contribution >= 0.6 is 0 Å². The van der Waals surface area contributed by atoms with Crippen LogP contribution < -0.4 is 0 Å². The Kier molecular flexibility index (Phi) is 7.48. The van der Waals surface area contributed by atoms with E-state index in [1.165, 1.54) is 0 Å². The molecule has 0 radical (unpaired) electrons. The Balaban J connectivity index is 1.87. The molecule has 3 fully saturated rings. The van der Waals surface area contributed by atoms with Crippen LogP contribution in [0.1, 0.15) is 80.6 Å². The van der Waals surface area contributed by atoms with Crippen molar-refractivity contribution in [2.24, 2.45) is 22.2 Å². The molecule has 8 heteroatoms. The van der Waals surface area contributed by atoms with Gasteiger partial charge in [0.15, 0.2) is 12.1 Å². The van der Waals surface area contributed by atoms with E-state index in [1.54, 1.807) is 0 Å². The lowest BCUT2D eigenvalue weighted by atomic mass is 9.46. The first-order valence-electron chi connectivity index (χ1n) is 12.1. The van der Waals surface area contributed by atoms with Crippen LogP contribution in [0.2, 0.25) is 0 Å². The Morgan fingerprint density at radius 3 is 2.09 bits per heavy atom. The lowest BCUT2D eigenvalue weighted by molar-refractivity contribution is -0.330. The number of hydrogen-bond acceptors (Lipinski definition) is 7. The highest BCUT2D eigenvalue weighted by Crippen LogP contribution is 2.63. The molecule has 0 aromatic carbocycles. The van der Waals surface area contributed by atoms with Crippen molar-refractivity contribution >= 4 is 10.1 Å². The maximum atomic E-state index is 12.1. The maximum absolute atomic E-state index is 12.1. The lowest BCUT2D eigenvalue weighted by Crippen LogP contribution is -2.63. The molecule has 188 valence electrons. The quantitative estimate of drug-likeness (QED) is 0.413. The minimum Gasteiger partial charge on any atom is -0.353 e. The van der Waals surface area contributed by atoms with Gasteiger partial charge in [-0.3, -0.25) is 4.18 Å². The lowest BCUT2D eigenvalue weighted by Gasteiger charge is -2.63. The van der Waals surface area contributed by atoms with E-state index in [0.29, 0.717) is 26.2 Å². The van der Waals surface area contributed by atoms with Crippen LogP contribution in [0.25, 0.3) is 0 Å².